The number of amides is 1. The highest BCUT2D eigenvalue weighted by Crippen LogP contribution is 2.27. The first-order chi connectivity index (χ1) is 9.91. The molecule has 1 heterocycles. The molecule has 1 aliphatic carbocycles. The summed E-state index contributed by atoms with van der Waals surface area (Å²) in [6.45, 7) is 2.99. The SMILES string of the molecule is CCNC(=O)c1cc(S(=O)(=O)Cl)cn1CC1CCCCC1. The first kappa shape index (κ1) is 16.4. The standard InChI is InChI=1S/C14H21ClN2O3S/c1-2-16-14(18)13-8-12(21(15,19)20)10-17(13)9-11-6-4-3-5-7-11/h8,10-11H,2-7,9H2,1H3,(H,16,18). The number of aromatic nitrogens is 1. The van der Waals surface area contributed by atoms with Crippen molar-refractivity contribution in [2.75, 3.05) is 6.54 Å². The van der Waals surface area contributed by atoms with Gasteiger partial charge >= 0.3 is 0 Å². The predicted octanol–water partition coefficient (Wildman–Crippen LogP) is 2.75. The molecule has 0 aromatic carbocycles. The first-order valence-electron chi connectivity index (χ1n) is 7.35. The fourth-order valence-electron chi connectivity index (χ4n) is 2.86. The second kappa shape index (κ2) is 6.83. The van der Waals surface area contributed by atoms with Crippen molar-refractivity contribution < 1.29 is 13.2 Å². The van der Waals surface area contributed by atoms with E-state index in [1.807, 2.05) is 6.92 Å². The van der Waals surface area contributed by atoms with E-state index in [1.54, 1.807) is 4.57 Å². The zero-order valence-electron chi connectivity index (χ0n) is 12.1. The van der Waals surface area contributed by atoms with Crippen LogP contribution in [0.4, 0.5) is 0 Å². The number of nitrogens with zero attached hydrogens (tertiary/aromatic N) is 1. The number of rotatable bonds is 5. The van der Waals surface area contributed by atoms with Crippen LogP contribution in [0.1, 0.15) is 49.5 Å². The van der Waals surface area contributed by atoms with E-state index in [1.165, 1.54) is 31.5 Å². The van der Waals surface area contributed by atoms with Crippen molar-refractivity contribution in [3.8, 4) is 0 Å². The Labute approximate surface area is 130 Å². The lowest BCUT2D eigenvalue weighted by Gasteiger charge is -2.22. The highest BCUT2D eigenvalue weighted by atomic mass is 35.7. The molecule has 2 rings (SSSR count). The zero-order chi connectivity index (χ0) is 15.5. The van der Waals surface area contributed by atoms with Crippen LogP contribution in [0.15, 0.2) is 17.2 Å². The van der Waals surface area contributed by atoms with Crippen LogP contribution in [0.2, 0.25) is 0 Å². The summed E-state index contributed by atoms with van der Waals surface area (Å²) < 4.78 is 24.7. The maximum absolute atomic E-state index is 12.1. The zero-order valence-corrected chi connectivity index (χ0v) is 13.7. The Bertz CT molecular complexity index is 604. The van der Waals surface area contributed by atoms with Crippen molar-refractivity contribution in [3.05, 3.63) is 18.0 Å². The van der Waals surface area contributed by atoms with Crippen LogP contribution in [0.5, 0.6) is 0 Å². The second-order valence-electron chi connectivity index (χ2n) is 5.51. The number of hydrogen-bond acceptors (Lipinski definition) is 3. The van der Waals surface area contributed by atoms with Gasteiger partial charge in [0.05, 0.1) is 0 Å². The normalized spacial score (nSPS) is 16.9. The van der Waals surface area contributed by atoms with Crippen molar-refractivity contribution in [2.45, 2.75) is 50.5 Å². The monoisotopic (exact) mass is 332 g/mol. The minimum Gasteiger partial charge on any atom is -0.351 e. The Morgan fingerprint density at radius 1 is 1.38 bits per heavy atom. The van der Waals surface area contributed by atoms with Gasteiger partial charge in [0, 0.05) is 30.0 Å². The lowest BCUT2D eigenvalue weighted by Crippen LogP contribution is -2.26. The van der Waals surface area contributed by atoms with Gasteiger partial charge < -0.3 is 9.88 Å². The Morgan fingerprint density at radius 2 is 2.05 bits per heavy atom. The molecule has 1 saturated carbocycles. The van der Waals surface area contributed by atoms with Gasteiger partial charge in [0.1, 0.15) is 10.6 Å². The molecule has 1 N–H and O–H groups in total. The number of hydrogen-bond donors (Lipinski definition) is 1. The number of carbonyl (C=O) groups is 1. The number of halogens is 1. The Kier molecular flexibility index (Phi) is 5.32. The molecule has 1 aromatic rings. The van der Waals surface area contributed by atoms with Gasteiger partial charge in [-0.05, 0) is 31.7 Å². The molecule has 0 spiro atoms. The fraction of sp³-hybridized carbons (Fsp3) is 0.643. The Morgan fingerprint density at radius 3 is 2.62 bits per heavy atom. The van der Waals surface area contributed by atoms with Crippen molar-refractivity contribution >= 4 is 25.6 Å². The van der Waals surface area contributed by atoms with Crippen molar-refractivity contribution in [2.24, 2.45) is 5.92 Å². The summed E-state index contributed by atoms with van der Waals surface area (Å²) >= 11 is 0. The van der Waals surface area contributed by atoms with Gasteiger partial charge in [-0.1, -0.05) is 19.3 Å². The molecule has 1 aromatic heterocycles. The highest BCUT2D eigenvalue weighted by molar-refractivity contribution is 8.13. The third kappa shape index (κ3) is 4.23. The van der Waals surface area contributed by atoms with Gasteiger partial charge in [0.25, 0.3) is 15.0 Å². The number of nitrogens with one attached hydrogen (secondary N) is 1. The number of carbonyl (C=O) groups excluding carboxylic acids is 1. The third-order valence-corrected chi connectivity index (χ3v) is 5.22. The highest BCUT2D eigenvalue weighted by Gasteiger charge is 2.22. The van der Waals surface area contributed by atoms with E-state index in [9.17, 15) is 13.2 Å². The summed E-state index contributed by atoms with van der Waals surface area (Å²) in [5.74, 6) is 0.227. The maximum Gasteiger partial charge on any atom is 0.267 e. The molecule has 0 aliphatic heterocycles. The molecule has 1 fully saturated rings. The van der Waals surface area contributed by atoms with Gasteiger partial charge in [-0.3, -0.25) is 4.79 Å². The summed E-state index contributed by atoms with van der Waals surface area (Å²) in [4.78, 5) is 12.1. The van der Waals surface area contributed by atoms with Crippen LogP contribution in [-0.4, -0.2) is 25.4 Å². The summed E-state index contributed by atoms with van der Waals surface area (Å²) in [6.07, 6.45) is 7.37. The van der Waals surface area contributed by atoms with E-state index in [-0.39, 0.29) is 10.8 Å². The molecule has 0 atom stereocenters. The van der Waals surface area contributed by atoms with Gasteiger partial charge in [0.2, 0.25) is 0 Å². The predicted molar refractivity (Wildman–Crippen MR) is 82.1 cm³/mol. The molecule has 0 saturated heterocycles. The fourth-order valence-corrected chi connectivity index (χ4v) is 3.62. The second-order valence-corrected chi connectivity index (χ2v) is 8.08. The average Bonchev–Trinajstić information content (AvgIpc) is 2.84. The smallest absolute Gasteiger partial charge is 0.267 e. The molecular formula is C14H21ClN2O3S. The molecule has 0 unspecified atom stereocenters. The van der Waals surface area contributed by atoms with Gasteiger partial charge in [-0.25, -0.2) is 8.42 Å². The Hall–Kier alpha value is -1.01. The summed E-state index contributed by atoms with van der Waals surface area (Å²) in [7, 11) is 1.57. The largest absolute Gasteiger partial charge is 0.351 e. The maximum atomic E-state index is 12.1. The summed E-state index contributed by atoms with van der Waals surface area (Å²) in [5, 5.41) is 2.71. The van der Waals surface area contributed by atoms with E-state index < -0.39 is 9.05 Å². The van der Waals surface area contributed by atoms with Gasteiger partial charge in [-0.2, -0.15) is 0 Å². The van der Waals surface area contributed by atoms with Crippen molar-refractivity contribution in [3.63, 3.8) is 0 Å². The van der Waals surface area contributed by atoms with Crippen LogP contribution in [0, 0.1) is 5.92 Å². The van der Waals surface area contributed by atoms with E-state index in [0.717, 1.165) is 12.8 Å². The van der Waals surface area contributed by atoms with Crippen LogP contribution in [-0.2, 0) is 15.6 Å². The quantitative estimate of drug-likeness (QED) is 0.843. The van der Waals surface area contributed by atoms with E-state index in [2.05, 4.69) is 5.32 Å². The van der Waals surface area contributed by atoms with E-state index in [4.69, 9.17) is 10.7 Å². The first-order valence-corrected chi connectivity index (χ1v) is 9.65. The minimum atomic E-state index is -3.82. The molecule has 1 amide bonds. The molecule has 0 bridgehead atoms. The van der Waals surface area contributed by atoms with Crippen LogP contribution in [0.25, 0.3) is 0 Å². The molecule has 5 nitrogen and oxygen atoms in total. The van der Waals surface area contributed by atoms with E-state index >= 15 is 0 Å². The van der Waals surface area contributed by atoms with Gasteiger partial charge in [0.15, 0.2) is 0 Å². The lowest BCUT2D eigenvalue weighted by atomic mass is 9.89. The molecule has 21 heavy (non-hydrogen) atoms. The Balaban J connectivity index is 2.27. The molecule has 0 radical (unpaired) electrons. The molecular weight excluding hydrogens is 312 g/mol. The van der Waals surface area contributed by atoms with Crippen molar-refractivity contribution in [1.82, 2.24) is 9.88 Å². The van der Waals surface area contributed by atoms with E-state index in [0.29, 0.717) is 24.7 Å². The van der Waals surface area contributed by atoms with Crippen molar-refractivity contribution in [1.29, 1.82) is 0 Å². The van der Waals surface area contributed by atoms with Gasteiger partial charge in [-0.15, -0.1) is 0 Å². The van der Waals surface area contributed by atoms with Crippen LogP contribution in [0.3, 0.4) is 0 Å². The third-order valence-electron chi connectivity index (χ3n) is 3.90. The van der Waals surface area contributed by atoms with Crippen LogP contribution < -0.4 is 5.32 Å². The summed E-state index contributed by atoms with van der Waals surface area (Å²) in [5.41, 5.74) is 0.363. The summed E-state index contributed by atoms with van der Waals surface area (Å²) in [6, 6.07) is 1.36. The lowest BCUT2D eigenvalue weighted by molar-refractivity contribution is 0.0945. The minimum absolute atomic E-state index is 0.0128. The topological polar surface area (TPSA) is 68.2 Å². The molecule has 7 heteroatoms. The van der Waals surface area contributed by atoms with Crippen LogP contribution >= 0.6 is 10.7 Å². The average molecular weight is 333 g/mol. The molecule has 118 valence electrons. The molecule has 1 aliphatic rings.